The van der Waals surface area contributed by atoms with Crippen molar-refractivity contribution in [3.63, 3.8) is 0 Å². The number of carbonyl (C=O) groups excluding carboxylic acids is 1. The molecule has 1 spiro atoms. The third kappa shape index (κ3) is 4.06. The molecule has 1 saturated heterocycles. The van der Waals surface area contributed by atoms with Gasteiger partial charge >= 0.3 is 0 Å². The first-order valence-electron chi connectivity index (χ1n) is 8.80. The number of sulfonamides is 1. The lowest BCUT2D eigenvalue weighted by Crippen LogP contribution is -2.34. The molecule has 2 unspecified atom stereocenters. The lowest BCUT2D eigenvalue weighted by Gasteiger charge is -2.24. The van der Waals surface area contributed by atoms with E-state index in [-0.39, 0.29) is 40.6 Å². The van der Waals surface area contributed by atoms with Crippen LogP contribution < -0.4 is 10.6 Å². The number of hydrogen-bond donors (Lipinski definition) is 2. The number of nitrogens with zero attached hydrogens (tertiary/aromatic N) is 1. The van der Waals surface area contributed by atoms with Gasteiger partial charge in [-0.25, -0.2) is 12.7 Å². The quantitative estimate of drug-likeness (QED) is 0.790. The minimum atomic E-state index is -3.42. The van der Waals surface area contributed by atoms with Crippen LogP contribution in [0.3, 0.4) is 0 Å². The van der Waals surface area contributed by atoms with E-state index >= 15 is 0 Å². The molecule has 8 heteroatoms. The highest BCUT2D eigenvalue weighted by molar-refractivity contribution is 7.89. The number of halogens is 1. The smallest absolute Gasteiger partial charge is 0.242 e. The molecule has 1 aromatic carbocycles. The summed E-state index contributed by atoms with van der Waals surface area (Å²) in [4.78, 5) is 12.8. The first-order chi connectivity index (χ1) is 11.8. The van der Waals surface area contributed by atoms with E-state index in [4.69, 9.17) is 0 Å². The van der Waals surface area contributed by atoms with Crippen molar-refractivity contribution in [1.29, 1.82) is 0 Å². The maximum atomic E-state index is 12.5. The van der Waals surface area contributed by atoms with Gasteiger partial charge in [0.05, 0.1) is 10.9 Å². The summed E-state index contributed by atoms with van der Waals surface area (Å²) in [5.41, 5.74) is 1.13. The van der Waals surface area contributed by atoms with Gasteiger partial charge in [-0.3, -0.25) is 4.79 Å². The molecule has 1 saturated carbocycles. The molecule has 2 atom stereocenters. The first-order valence-corrected chi connectivity index (χ1v) is 10.2. The molecule has 146 valence electrons. The Hall–Kier alpha value is -1.15. The number of amides is 1. The van der Waals surface area contributed by atoms with Crippen molar-refractivity contribution in [3.05, 3.63) is 29.8 Å². The van der Waals surface area contributed by atoms with Crippen LogP contribution in [0.15, 0.2) is 29.2 Å². The van der Waals surface area contributed by atoms with E-state index in [9.17, 15) is 13.2 Å². The maximum absolute atomic E-state index is 12.5. The molecule has 6 nitrogen and oxygen atoms in total. The molecule has 2 aliphatic rings. The molecule has 26 heavy (non-hydrogen) atoms. The summed E-state index contributed by atoms with van der Waals surface area (Å²) in [7, 11) is -0.400. The van der Waals surface area contributed by atoms with E-state index < -0.39 is 10.0 Å². The van der Waals surface area contributed by atoms with Gasteiger partial charge in [-0.05, 0) is 62.4 Å². The predicted octanol–water partition coefficient (Wildman–Crippen LogP) is 1.93. The fraction of sp³-hybridized carbons (Fsp3) is 0.611. The van der Waals surface area contributed by atoms with Crippen molar-refractivity contribution >= 4 is 28.3 Å². The second kappa shape index (κ2) is 7.84. The summed E-state index contributed by atoms with van der Waals surface area (Å²) in [6, 6.07) is 6.60. The van der Waals surface area contributed by atoms with Crippen LogP contribution in [0, 0.1) is 11.3 Å². The zero-order valence-corrected chi connectivity index (χ0v) is 17.1. The van der Waals surface area contributed by atoms with Crippen LogP contribution in [0.1, 0.15) is 37.8 Å². The van der Waals surface area contributed by atoms with Crippen LogP contribution in [0.5, 0.6) is 0 Å². The second-order valence-electron chi connectivity index (χ2n) is 7.46. The van der Waals surface area contributed by atoms with Crippen molar-refractivity contribution < 1.29 is 13.2 Å². The molecule has 3 rings (SSSR count). The molecule has 1 aliphatic carbocycles. The van der Waals surface area contributed by atoms with E-state index in [0.29, 0.717) is 0 Å². The van der Waals surface area contributed by atoms with Crippen LogP contribution in [0.25, 0.3) is 0 Å². The van der Waals surface area contributed by atoms with Gasteiger partial charge in [-0.2, -0.15) is 0 Å². The van der Waals surface area contributed by atoms with Gasteiger partial charge in [-0.15, -0.1) is 12.4 Å². The number of carbonyl (C=O) groups is 1. The molecular weight excluding hydrogens is 374 g/mol. The Labute approximate surface area is 162 Å². The van der Waals surface area contributed by atoms with Crippen molar-refractivity contribution in [2.75, 3.05) is 27.2 Å². The normalized spacial score (nSPS) is 22.5. The van der Waals surface area contributed by atoms with Crippen LogP contribution >= 0.6 is 12.4 Å². The molecule has 0 aromatic heterocycles. The number of benzene rings is 1. The molecule has 1 heterocycles. The Morgan fingerprint density at radius 1 is 1.23 bits per heavy atom. The molecule has 1 amide bonds. The van der Waals surface area contributed by atoms with Gasteiger partial charge in [0.25, 0.3) is 0 Å². The highest BCUT2D eigenvalue weighted by atomic mass is 35.5. The van der Waals surface area contributed by atoms with Crippen molar-refractivity contribution in [3.8, 4) is 0 Å². The van der Waals surface area contributed by atoms with Crippen LogP contribution in [0.4, 0.5) is 0 Å². The average molecular weight is 402 g/mol. The summed E-state index contributed by atoms with van der Waals surface area (Å²) in [6.45, 7) is 3.94. The predicted molar refractivity (Wildman–Crippen MR) is 104 cm³/mol. The zero-order chi connectivity index (χ0) is 18.2. The molecule has 0 bridgehead atoms. The van der Waals surface area contributed by atoms with Crippen molar-refractivity contribution in [1.82, 2.24) is 14.9 Å². The minimum absolute atomic E-state index is 0. The number of hydrogen-bond acceptors (Lipinski definition) is 4. The standard InChI is InChI=1S/C18H27N3O3S.ClH/c1-13(14-4-6-15(7-5-14)25(23,24)21(2)3)20-17(22)16-12-18(16)8-10-19-11-9-18;/h4-7,13,16,19H,8-12H2,1-3H3,(H,20,22);1H. The maximum Gasteiger partial charge on any atom is 0.242 e. The van der Waals surface area contributed by atoms with Gasteiger partial charge in [0, 0.05) is 20.0 Å². The first kappa shape index (κ1) is 21.2. The van der Waals surface area contributed by atoms with E-state index in [1.54, 1.807) is 24.3 Å². The Bertz CT molecular complexity index is 743. The second-order valence-corrected chi connectivity index (χ2v) is 9.61. The van der Waals surface area contributed by atoms with E-state index in [0.717, 1.165) is 37.9 Å². The molecule has 2 fully saturated rings. The Kier molecular flexibility index (Phi) is 6.38. The SMILES string of the molecule is CC(NC(=O)C1CC12CCNCC2)c1ccc(S(=O)(=O)N(C)C)cc1.Cl. The third-order valence-corrected chi connectivity index (χ3v) is 7.45. The average Bonchev–Trinajstić information content (AvgIpc) is 3.28. The van der Waals surface area contributed by atoms with E-state index in [1.165, 1.54) is 18.4 Å². The largest absolute Gasteiger partial charge is 0.349 e. The van der Waals surface area contributed by atoms with E-state index in [1.807, 2.05) is 6.92 Å². The number of nitrogens with one attached hydrogen (secondary N) is 2. The highest BCUT2D eigenvalue weighted by Crippen LogP contribution is 2.58. The topological polar surface area (TPSA) is 78.5 Å². The fourth-order valence-corrected chi connectivity index (χ4v) is 4.63. The van der Waals surface area contributed by atoms with Crippen LogP contribution in [0.2, 0.25) is 0 Å². The highest BCUT2D eigenvalue weighted by Gasteiger charge is 2.57. The van der Waals surface area contributed by atoms with Crippen molar-refractivity contribution in [2.45, 2.75) is 37.1 Å². The summed E-state index contributed by atoms with van der Waals surface area (Å²) in [5, 5.41) is 6.44. The van der Waals surface area contributed by atoms with Gasteiger partial charge in [0.1, 0.15) is 0 Å². The molecule has 0 radical (unpaired) electrons. The van der Waals surface area contributed by atoms with Gasteiger partial charge in [0.2, 0.25) is 15.9 Å². The monoisotopic (exact) mass is 401 g/mol. The van der Waals surface area contributed by atoms with Crippen LogP contribution in [-0.2, 0) is 14.8 Å². The minimum Gasteiger partial charge on any atom is -0.349 e. The third-order valence-electron chi connectivity index (χ3n) is 5.62. The van der Waals surface area contributed by atoms with Gasteiger partial charge < -0.3 is 10.6 Å². The van der Waals surface area contributed by atoms with Gasteiger partial charge in [-0.1, -0.05) is 12.1 Å². The lowest BCUT2D eigenvalue weighted by molar-refractivity contribution is -0.123. The van der Waals surface area contributed by atoms with Crippen molar-refractivity contribution in [2.24, 2.45) is 11.3 Å². The fourth-order valence-electron chi connectivity index (χ4n) is 3.73. The summed E-state index contributed by atoms with van der Waals surface area (Å²) < 4.78 is 25.4. The number of rotatable bonds is 5. The Morgan fingerprint density at radius 2 is 1.81 bits per heavy atom. The molecule has 1 aromatic rings. The summed E-state index contributed by atoms with van der Waals surface area (Å²) >= 11 is 0. The van der Waals surface area contributed by atoms with Gasteiger partial charge in [0.15, 0.2) is 0 Å². The Balaban J connectivity index is 0.00000243. The molecular formula is C18H28ClN3O3S. The zero-order valence-electron chi connectivity index (χ0n) is 15.5. The summed E-state index contributed by atoms with van der Waals surface area (Å²) in [5.74, 6) is 0.254. The Morgan fingerprint density at radius 3 is 2.35 bits per heavy atom. The van der Waals surface area contributed by atoms with Crippen LogP contribution in [-0.4, -0.2) is 45.8 Å². The molecule has 1 aliphatic heterocycles. The lowest BCUT2D eigenvalue weighted by atomic mass is 9.91. The number of piperidine rings is 1. The summed E-state index contributed by atoms with van der Waals surface area (Å²) in [6.07, 6.45) is 3.15. The van der Waals surface area contributed by atoms with E-state index in [2.05, 4.69) is 10.6 Å². The molecule has 2 N–H and O–H groups in total.